The maximum Gasteiger partial charge on any atom is 0.184 e. The maximum atomic E-state index is 10.5. The van der Waals surface area contributed by atoms with Gasteiger partial charge in [-0.3, -0.25) is 0 Å². The average molecular weight is 418 g/mol. The zero-order valence-corrected chi connectivity index (χ0v) is 16.8. The Bertz CT molecular complexity index is 739. The van der Waals surface area contributed by atoms with E-state index in [2.05, 4.69) is 0 Å². The molecule has 8 heteroatoms. The highest BCUT2D eigenvalue weighted by molar-refractivity contribution is 5.29. The molecule has 4 rings (SSSR count). The van der Waals surface area contributed by atoms with E-state index in [1.165, 1.54) is 0 Å². The van der Waals surface area contributed by atoms with Crippen LogP contribution in [0.1, 0.15) is 23.7 Å². The molecule has 2 heterocycles. The highest BCUT2D eigenvalue weighted by Crippen LogP contribution is 2.35. The van der Waals surface area contributed by atoms with Gasteiger partial charge in [-0.05, 0) is 24.3 Å². The molecule has 2 aliphatic rings. The standard InChI is InChI=1S/C22H26O8/c1-25-15-7-3-13(4-8-15)21-27-11-17(23)19(29-21)20-18(24)12-28-22(30-20)14-5-9-16(26-2)10-6-14/h3-10,17-24H,11-12H2,1-2H3/t17-,18-,19-,20-,21-,22+/m1/s1. The average Bonchev–Trinajstić information content (AvgIpc) is 2.80. The van der Waals surface area contributed by atoms with E-state index in [1.54, 1.807) is 14.2 Å². The lowest BCUT2D eigenvalue weighted by atomic mass is 10.0. The second kappa shape index (κ2) is 9.30. The minimum Gasteiger partial charge on any atom is -0.497 e. The van der Waals surface area contributed by atoms with E-state index in [9.17, 15) is 10.2 Å². The molecule has 2 saturated heterocycles. The topological polar surface area (TPSA) is 95.8 Å². The van der Waals surface area contributed by atoms with Crippen LogP contribution in [0, 0.1) is 0 Å². The molecular formula is C22H26O8. The molecule has 0 bridgehead atoms. The van der Waals surface area contributed by atoms with E-state index in [-0.39, 0.29) is 13.2 Å². The van der Waals surface area contributed by atoms with E-state index in [4.69, 9.17) is 28.4 Å². The monoisotopic (exact) mass is 418 g/mol. The first-order chi connectivity index (χ1) is 14.6. The number of methoxy groups -OCH3 is 2. The van der Waals surface area contributed by atoms with Crippen LogP contribution in [-0.2, 0) is 18.9 Å². The van der Waals surface area contributed by atoms with Crippen LogP contribution in [0.5, 0.6) is 11.5 Å². The highest BCUT2D eigenvalue weighted by Gasteiger charge is 2.44. The first-order valence-corrected chi connectivity index (χ1v) is 9.77. The molecule has 0 amide bonds. The van der Waals surface area contributed by atoms with Gasteiger partial charge in [0.1, 0.15) is 35.9 Å². The van der Waals surface area contributed by atoms with Crippen LogP contribution in [-0.4, -0.2) is 62.1 Å². The molecule has 0 spiro atoms. The zero-order valence-electron chi connectivity index (χ0n) is 16.8. The van der Waals surface area contributed by atoms with Crippen molar-refractivity contribution < 1.29 is 38.6 Å². The van der Waals surface area contributed by atoms with E-state index in [1.807, 2.05) is 48.5 Å². The molecule has 6 atom stereocenters. The number of benzene rings is 2. The SMILES string of the molecule is COc1ccc([C@@H]2OC[C@@H](O)[C@H]([C@@H]3O[C@@H](c4ccc(OC)cc4)OC[C@H]3O)O2)cc1. The normalized spacial score (nSPS) is 31.9. The molecule has 8 nitrogen and oxygen atoms in total. The van der Waals surface area contributed by atoms with Gasteiger partial charge >= 0.3 is 0 Å². The summed E-state index contributed by atoms with van der Waals surface area (Å²) in [6.45, 7) is 0.115. The van der Waals surface area contributed by atoms with Gasteiger partial charge in [-0.15, -0.1) is 0 Å². The van der Waals surface area contributed by atoms with Gasteiger partial charge in [0, 0.05) is 11.1 Å². The van der Waals surface area contributed by atoms with Gasteiger partial charge in [-0.25, -0.2) is 0 Å². The lowest BCUT2D eigenvalue weighted by molar-refractivity contribution is -0.331. The van der Waals surface area contributed by atoms with Crippen molar-refractivity contribution >= 4 is 0 Å². The molecule has 0 unspecified atom stereocenters. The summed E-state index contributed by atoms with van der Waals surface area (Å²) in [7, 11) is 3.19. The summed E-state index contributed by atoms with van der Waals surface area (Å²) < 4.78 is 33.7. The van der Waals surface area contributed by atoms with Gasteiger partial charge < -0.3 is 38.6 Å². The number of ether oxygens (including phenoxy) is 6. The Morgan fingerprint density at radius 3 is 1.37 bits per heavy atom. The van der Waals surface area contributed by atoms with Gasteiger partial charge in [-0.1, -0.05) is 24.3 Å². The largest absolute Gasteiger partial charge is 0.497 e. The maximum absolute atomic E-state index is 10.5. The van der Waals surface area contributed by atoms with Crippen molar-refractivity contribution in [2.45, 2.75) is 37.0 Å². The van der Waals surface area contributed by atoms with Crippen molar-refractivity contribution in [1.82, 2.24) is 0 Å². The molecule has 2 aromatic rings. The Labute approximate surface area is 174 Å². The molecule has 0 aliphatic carbocycles. The van der Waals surface area contributed by atoms with Crippen molar-refractivity contribution in [2.75, 3.05) is 27.4 Å². The molecule has 2 N–H and O–H groups in total. The van der Waals surface area contributed by atoms with Crippen LogP contribution in [0.3, 0.4) is 0 Å². The summed E-state index contributed by atoms with van der Waals surface area (Å²) in [4.78, 5) is 0. The Kier molecular flexibility index (Phi) is 6.52. The van der Waals surface area contributed by atoms with Crippen molar-refractivity contribution in [3.8, 4) is 11.5 Å². The van der Waals surface area contributed by atoms with Crippen molar-refractivity contribution in [1.29, 1.82) is 0 Å². The predicted octanol–water partition coefficient (Wildman–Crippen LogP) is 1.95. The molecule has 2 aliphatic heterocycles. The van der Waals surface area contributed by atoms with Crippen LogP contribution in [0.2, 0.25) is 0 Å². The summed E-state index contributed by atoms with van der Waals surface area (Å²) >= 11 is 0. The van der Waals surface area contributed by atoms with Gasteiger partial charge in [-0.2, -0.15) is 0 Å². The quantitative estimate of drug-likeness (QED) is 0.761. The third-order valence-electron chi connectivity index (χ3n) is 5.26. The van der Waals surface area contributed by atoms with Gasteiger partial charge in [0.15, 0.2) is 12.6 Å². The zero-order chi connectivity index (χ0) is 21.1. The fourth-order valence-corrected chi connectivity index (χ4v) is 3.57. The molecule has 2 fully saturated rings. The van der Waals surface area contributed by atoms with Crippen molar-refractivity contribution in [2.24, 2.45) is 0 Å². The first kappa shape index (κ1) is 21.0. The second-order valence-electron chi connectivity index (χ2n) is 7.21. The van der Waals surface area contributed by atoms with Gasteiger partial charge in [0.05, 0.1) is 27.4 Å². The molecular weight excluding hydrogens is 392 g/mol. The minimum absolute atomic E-state index is 0.0575. The third kappa shape index (κ3) is 4.44. The van der Waals surface area contributed by atoms with Crippen molar-refractivity contribution in [3.63, 3.8) is 0 Å². The summed E-state index contributed by atoms with van der Waals surface area (Å²) in [5.74, 6) is 1.44. The van der Waals surface area contributed by atoms with Crippen LogP contribution in [0.25, 0.3) is 0 Å². The summed E-state index contributed by atoms with van der Waals surface area (Å²) in [6, 6.07) is 14.6. The van der Waals surface area contributed by atoms with Crippen LogP contribution in [0.15, 0.2) is 48.5 Å². The summed E-state index contributed by atoms with van der Waals surface area (Å²) in [5.41, 5.74) is 1.56. The second-order valence-corrected chi connectivity index (χ2v) is 7.21. The first-order valence-electron chi connectivity index (χ1n) is 9.77. The number of hydrogen-bond donors (Lipinski definition) is 2. The Hall–Kier alpha value is -2.20. The Morgan fingerprint density at radius 1 is 0.667 bits per heavy atom. The van der Waals surface area contributed by atoms with Gasteiger partial charge in [0.25, 0.3) is 0 Å². The lowest BCUT2D eigenvalue weighted by Gasteiger charge is -2.43. The number of hydrogen-bond acceptors (Lipinski definition) is 8. The van der Waals surface area contributed by atoms with Gasteiger partial charge in [0.2, 0.25) is 0 Å². The van der Waals surface area contributed by atoms with E-state index < -0.39 is 37.0 Å². The van der Waals surface area contributed by atoms with Crippen LogP contribution >= 0.6 is 0 Å². The van der Waals surface area contributed by atoms with E-state index in [0.717, 1.165) is 22.6 Å². The summed E-state index contributed by atoms with van der Waals surface area (Å²) in [6.07, 6.45) is -4.86. The molecule has 0 aromatic heterocycles. The van der Waals surface area contributed by atoms with Crippen LogP contribution in [0.4, 0.5) is 0 Å². The Balaban J connectivity index is 1.49. The molecule has 162 valence electrons. The molecule has 30 heavy (non-hydrogen) atoms. The van der Waals surface area contributed by atoms with Crippen molar-refractivity contribution in [3.05, 3.63) is 59.7 Å². The van der Waals surface area contributed by atoms with E-state index >= 15 is 0 Å². The number of aliphatic hydroxyl groups is 2. The lowest BCUT2D eigenvalue weighted by Crippen LogP contribution is -2.55. The Morgan fingerprint density at radius 2 is 1.03 bits per heavy atom. The number of aliphatic hydroxyl groups excluding tert-OH is 2. The van der Waals surface area contributed by atoms with E-state index in [0.29, 0.717) is 0 Å². The number of rotatable bonds is 5. The fourth-order valence-electron chi connectivity index (χ4n) is 3.57. The molecule has 2 aromatic carbocycles. The summed E-state index contributed by atoms with van der Waals surface area (Å²) in [5, 5.41) is 21.0. The predicted molar refractivity (Wildman–Crippen MR) is 105 cm³/mol. The smallest absolute Gasteiger partial charge is 0.184 e. The molecule has 0 saturated carbocycles. The highest BCUT2D eigenvalue weighted by atomic mass is 16.7. The molecule has 0 radical (unpaired) electrons. The van der Waals surface area contributed by atoms with Crippen LogP contribution < -0.4 is 9.47 Å². The fraction of sp³-hybridized carbons (Fsp3) is 0.455. The minimum atomic E-state index is -0.950. The third-order valence-corrected chi connectivity index (χ3v) is 5.26.